The van der Waals surface area contributed by atoms with E-state index in [-0.39, 0.29) is 22.2 Å². The molecule has 1 aromatic heterocycles. The summed E-state index contributed by atoms with van der Waals surface area (Å²) in [5.41, 5.74) is 2.68. The van der Waals surface area contributed by atoms with E-state index in [1.54, 1.807) is 32.9 Å². The van der Waals surface area contributed by atoms with Crippen molar-refractivity contribution in [2.75, 3.05) is 25.5 Å². The Bertz CT molecular complexity index is 1130. The number of aromatic amines is 1. The minimum absolute atomic E-state index is 0.0808. The van der Waals surface area contributed by atoms with Gasteiger partial charge < -0.3 is 15.0 Å². The average Bonchev–Trinajstić information content (AvgIpc) is 3.07. The number of aromatic nitrogens is 1. The van der Waals surface area contributed by atoms with Crippen LogP contribution in [0, 0.1) is 13.8 Å². The van der Waals surface area contributed by atoms with E-state index in [9.17, 15) is 18.0 Å². The van der Waals surface area contributed by atoms with Gasteiger partial charge in [-0.3, -0.25) is 9.59 Å². The number of benzene rings is 1. The van der Waals surface area contributed by atoms with Crippen LogP contribution in [0.2, 0.25) is 0 Å². The fourth-order valence-corrected chi connectivity index (χ4v) is 5.97. The predicted molar refractivity (Wildman–Crippen MR) is 123 cm³/mol. The van der Waals surface area contributed by atoms with Crippen molar-refractivity contribution in [2.24, 2.45) is 0 Å². The number of carbonyl (C=O) groups excluding carboxylic acids is 2. The molecule has 0 saturated carbocycles. The molecule has 1 atom stereocenters. The van der Waals surface area contributed by atoms with Crippen LogP contribution in [0.4, 0.5) is 5.69 Å². The molecule has 0 amide bonds. The summed E-state index contributed by atoms with van der Waals surface area (Å²) in [5.74, 6) is -0.0463. The van der Waals surface area contributed by atoms with Crippen molar-refractivity contribution in [1.82, 2.24) is 9.29 Å². The van der Waals surface area contributed by atoms with Crippen LogP contribution in [-0.4, -0.2) is 55.5 Å². The molecule has 0 aliphatic carbocycles. The van der Waals surface area contributed by atoms with Crippen molar-refractivity contribution in [1.29, 1.82) is 0 Å². The van der Waals surface area contributed by atoms with Gasteiger partial charge in [-0.1, -0.05) is 6.42 Å². The van der Waals surface area contributed by atoms with Gasteiger partial charge in [-0.15, -0.1) is 0 Å². The lowest BCUT2D eigenvalue weighted by Crippen LogP contribution is -2.35. The number of H-pyrrole nitrogens is 1. The number of ether oxygens (including phenoxy) is 1. The number of hydrogen-bond donors (Lipinski definition) is 2. The van der Waals surface area contributed by atoms with Crippen LogP contribution >= 0.6 is 0 Å². The SMILES string of the molecule is COc1ccc(N[C@H](C)C(=O)c2[nH]c(C)c(C(C)=O)c2C)cc1S(=O)(=O)N1CCCCC1. The third-order valence-corrected chi connectivity index (χ3v) is 7.83. The quantitative estimate of drug-likeness (QED) is 0.580. The van der Waals surface area contributed by atoms with Gasteiger partial charge in [0.25, 0.3) is 0 Å². The Morgan fingerprint density at radius 3 is 2.38 bits per heavy atom. The Morgan fingerprint density at radius 2 is 1.81 bits per heavy atom. The van der Waals surface area contributed by atoms with Gasteiger partial charge in [0.1, 0.15) is 10.6 Å². The number of aryl methyl sites for hydroxylation is 1. The molecule has 0 unspecified atom stereocenters. The summed E-state index contributed by atoms with van der Waals surface area (Å²) in [5, 5.41) is 3.10. The van der Waals surface area contributed by atoms with Crippen LogP contribution in [0.25, 0.3) is 0 Å². The summed E-state index contributed by atoms with van der Waals surface area (Å²) >= 11 is 0. The van der Waals surface area contributed by atoms with Crippen LogP contribution < -0.4 is 10.1 Å². The highest BCUT2D eigenvalue weighted by molar-refractivity contribution is 7.89. The Kier molecular flexibility index (Phi) is 7.09. The number of sulfonamides is 1. The van der Waals surface area contributed by atoms with Gasteiger partial charge in [0.05, 0.1) is 18.8 Å². The van der Waals surface area contributed by atoms with Gasteiger partial charge in [0.15, 0.2) is 5.78 Å². The van der Waals surface area contributed by atoms with Gasteiger partial charge in [0.2, 0.25) is 15.8 Å². The summed E-state index contributed by atoms with van der Waals surface area (Å²) in [6.07, 6.45) is 2.69. The fraction of sp³-hybridized carbons (Fsp3) is 0.478. The number of anilines is 1. The maximum atomic E-state index is 13.2. The first-order chi connectivity index (χ1) is 15.1. The molecule has 3 rings (SSSR count). The second-order valence-electron chi connectivity index (χ2n) is 8.24. The van der Waals surface area contributed by atoms with E-state index < -0.39 is 16.1 Å². The molecule has 2 heterocycles. The zero-order valence-corrected chi connectivity index (χ0v) is 20.1. The standard InChI is InChI=1S/C23H31N3O5S/c1-14-21(17(4)27)15(2)25-22(14)23(28)16(3)24-18-9-10-19(31-5)20(13-18)32(29,30)26-11-7-6-8-12-26/h9-10,13,16,24-25H,6-8,11-12H2,1-5H3/t16-/m1/s1. The number of nitrogens with one attached hydrogen (secondary N) is 2. The van der Waals surface area contributed by atoms with E-state index >= 15 is 0 Å². The van der Waals surface area contributed by atoms with Crippen LogP contribution in [-0.2, 0) is 10.0 Å². The number of piperidine rings is 1. The van der Waals surface area contributed by atoms with E-state index in [4.69, 9.17) is 4.74 Å². The number of ketones is 2. The smallest absolute Gasteiger partial charge is 0.246 e. The number of Topliss-reactive ketones (excluding diaryl/α,β-unsaturated/α-hetero) is 2. The van der Waals surface area contributed by atoms with Crippen molar-refractivity contribution >= 4 is 27.3 Å². The van der Waals surface area contributed by atoms with Crippen molar-refractivity contribution in [3.05, 3.63) is 40.7 Å². The van der Waals surface area contributed by atoms with Gasteiger partial charge in [-0.2, -0.15) is 4.31 Å². The second-order valence-corrected chi connectivity index (χ2v) is 10.1. The first-order valence-electron chi connectivity index (χ1n) is 10.8. The predicted octanol–water partition coefficient (Wildman–Crippen LogP) is 3.70. The number of rotatable bonds is 8. The summed E-state index contributed by atoms with van der Waals surface area (Å²) in [6.45, 7) is 7.66. The van der Waals surface area contributed by atoms with Gasteiger partial charge in [0, 0.05) is 30.0 Å². The third kappa shape index (κ3) is 4.59. The van der Waals surface area contributed by atoms with E-state index in [1.165, 1.54) is 24.4 Å². The molecule has 2 aromatic rings. The van der Waals surface area contributed by atoms with Crippen molar-refractivity contribution in [3.8, 4) is 5.75 Å². The van der Waals surface area contributed by atoms with Crippen LogP contribution in [0.3, 0.4) is 0 Å². The third-order valence-electron chi connectivity index (χ3n) is 5.91. The van der Waals surface area contributed by atoms with E-state index in [2.05, 4.69) is 10.3 Å². The largest absolute Gasteiger partial charge is 0.495 e. The summed E-state index contributed by atoms with van der Waals surface area (Å²) in [6, 6.07) is 4.14. The molecule has 32 heavy (non-hydrogen) atoms. The molecule has 1 aromatic carbocycles. The summed E-state index contributed by atoms with van der Waals surface area (Å²) in [7, 11) is -2.28. The highest BCUT2D eigenvalue weighted by Gasteiger charge is 2.30. The lowest BCUT2D eigenvalue weighted by atomic mass is 10.0. The minimum atomic E-state index is -3.71. The molecule has 174 valence electrons. The molecule has 0 bridgehead atoms. The Morgan fingerprint density at radius 1 is 1.16 bits per heavy atom. The monoisotopic (exact) mass is 461 g/mol. The Hall–Kier alpha value is -2.65. The first kappa shape index (κ1) is 24.0. The molecule has 1 saturated heterocycles. The summed E-state index contributed by atoms with van der Waals surface area (Å²) in [4.78, 5) is 28.0. The number of hydrogen-bond acceptors (Lipinski definition) is 6. The lowest BCUT2D eigenvalue weighted by Gasteiger charge is -2.27. The zero-order valence-electron chi connectivity index (χ0n) is 19.2. The molecular weight excluding hydrogens is 430 g/mol. The highest BCUT2D eigenvalue weighted by Crippen LogP contribution is 2.31. The van der Waals surface area contributed by atoms with Gasteiger partial charge >= 0.3 is 0 Å². The topological polar surface area (TPSA) is 109 Å². The van der Waals surface area contributed by atoms with Gasteiger partial charge in [-0.25, -0.2) is 8.42 Å². The molecule has 2 N–H and O–H groups in total. The lowest BCUT2D eigenvalue weighted by molar-refractivity contribution is 0.0970. The van der Waals surface area contributed by atoms with Gasteiger partial charge in [-0.05, 0) is 64.3 Å². The van der Waals surface area contributed by atoms with Crippen LogP contribution in [0.1, 0.15) is 65.2 Å². The Labute approximate surface area is 189 Å². The molecule has 8 nitrogen and oxygen atoms in total. The molecule has 1 aliphatic heterocycles. The van der Waals surface area contributed by atoms with Crippen LogP contribution in [0.15, 0.2) is 23.1 Å². The molecule has 1 fully saturated rings. The fourth-order valence-electron chi connectivity index (χ4n) is 4.27. The van der Waals surface area contributed by atoms with E-state index in [0.717, 1.165) is 19.3 Å². The molecule has 9 heteroatoms. The number of methoxy groups -OCH3 is 1. The maximum absolute atomic E-state index is 13.2. The highest BCUT2D eigenvalue weighted by atomic mass is 32.2. The Balaban J connectivity index is 1.88. The maximum Gasteiger partial charge on any atom is 0.246 e. The molecule has 0 spiro atoms. The second kappa shape index (κ2) is 9.46. The molecule has 1 aliphatic rings. The van der Waals surface area contributed by atoms with Crippen molar-refractivity contribution in [2.45, 2.75) is 57.9 Å². The molecule has 0 radical (unpaired) electrons. The van der Waals surface area contributed by atoms with E-state index in [1.807, 2.05) is 0 Å². The first-order valence-corrected chi connectivity index (χ1v) is 12.2. The van der Waals surface area contributed by atoms with Crippen molar-refractivity contribution in [3.63, 3.8) is 0 Å². The number of nitrogens with zero attached hydrogens (tertiary/aromatic N) is 1. The van der Waals surface area contributed by atoms with E-state index in [0.29, 0.717) is 41.3 Å². The van der Waals surface area contributed by atoms with Crippen molar-refractivity contribution < 1.29 is 22.7 Å². The minimum Gasteiger partial charge on any atom is -0.495 e. The summed E-state index contributed by atoms with van der Waals surface area (Å²) < 4.78 is 33.2. The van der Waals surface area contributed by atoms with Crippen LogP contribution in [0.5, 0.6) is 5.75 Å². The zero-order chi connectivity index (χ0) is 23.6. The average molecular weight is 462 g/mol. The molecular formula is C23H31N3O5S. The normalized spacial score (nSPS) is 15.9. The number of carbonyl (C=O) groups is 2.